The highest BCUT2D eigenvalue weighted by Gasteiger charge is 2.06. The van der Waals surface area contributed by atoms with E-state index in [1.54, 1.807) is 6.07 Å². The van der Waals surface area contributed by atoms with Gasteiger partial charge < -0.3 is 0 Å². The van der Waals surface area contributed by atoms with Gasteiger partial charge in [0.05, 0.1) is 6.20 Å². The van der Waals surface area contributed by atoms with E-state index in [2.05, 4.69) is 4.98 Å². The summed E-state index contributed by atoms with van der Waals surface area (Å²) < 4.78 is 40.8. The van der Waals surface area contributed by atoms with Crippen LogP contribution in [0.5, 0.6) is 0 Å². The fourth-order valence-corrected chi connectivity index (χ4v) is 0.342. The zero-order chi connectivity index (χ0) is 8.69. The Hall–Kier alpha value is -1.07. The smallest absolute Gasteiger partial charge is 0.262 e. The molecule has 0 aliphatic carbocycles. The van der Waals surface area contributed by atoms with Crippen molar-refractivity contribution in [2.45, 2.75) is 0 Å². The molecule has 0 saturated heterocycles. The Morgan fingerprint density at radius 3 is 2.00 bits per heavy atom. The van der Waals surface area contributed by atoms with Gasteiger partial charge in [-0.25, -0.2) is 4.39 Å². The number of hydrogen-bond donors (Lipinski definition) is 0. The van der Waals surface area contributed by atoms with E-state index in [-0.39, 0.29) is 5.82 Å². The van der Waals surface area contributed by atoms with Crippen LogP contribution in [0.15, 0.2) is 24.5 Å². The zero-order valence-electron chi connectivity index (χ0n) is 5.35. The predicted molar refractivity (Wildman–Crippen MR) is 33.3 cm³/mol. The first kappa shape index (κ1) is 9.93. The van der Waals surface area contributed by atoms with E-state index < -0.39 is 7.54 Å². The molecule has 0 N–H and O–H groups in total. The predicted octanol–water partition coefficient (Wildman–Crippen LogP) is 2.10. The van der Waals surface area contributed by atoms with Crippen LogP contribution >= 0.6 is 0 Å². The van der Waals surface area contributed by atoms with Crippen LogP contribution in [0.3, 0.4) is 0 Å². The highest BCUT2D eigenvalue weighted by molar-refractivity contribution is 6.33. The molecular formula is C5H4BF4N. The minimum absolute atomic E-state index is 0.289. The van der Waals surface area contributed by atoms with Crippen molar-refractivity contribution in [3.05, 3.63) is 30.3 Å². The third kappa shape index (κ3) is 8.93. The Labute approximate surface area is 61.3 Å². The highest BCUT2D eigenvalue weighted by Crippen LogP contribution is 1.88. The van der Waals surface area contributed by atoms with E-state index in [9.17, 15) is 17.3 Å². The molecule has 0 aliphatic rings. The summed E-state index contributed by atoms with van der Waals surface area (Å²) in [7, 11) is -3.67. The van der Waals surface area contributed by atoms with E-state index in [4.69, 9.17) is 0 Å². The molecule has 0 bridgehead atoms. The van der Waals surface area contributed by atoms with E-state index in [0.717, 1.165) is 0 Å². The summed E-state index contributed by atoms with van der Waals surface area (Å²) in [5.74, 6) is -0.289. The summed E-state index contributed by atoms with van der Waals surface area (Å²) in [6, 6.07) is 2.91. The molecule has 60 valence electrons. The molecule has 0 amide bonds. The Kier molecular flexibility index (Phi) is 5.15. The second-order valence-electron chi connectivity index (χ2n) is 1.42. The maximum atomic E-state index is 11.8. The first-order chi connectivity index (χ1) is 5.13. The topological polar surface area (TPSA) is 12.9 Å². The normalized spacial score (nSPS) is 8.00. The van der Waals surface area contributed by atoms with Crippen molar-refractivity contribution < 1.29 is 17.3 Å². The maximum absolute atomic E-state index is 11.8. The molecule has 0 aromatic carbocycles. The van der Waals surface area contributed by atoms with E-state index in [1.807, 2.05) is 0 Å². The maximum Gasteiger partial charge on any atom is 0.762 e. The van der Waals surface area contributed by atoms with Gasteiger partial charge in [-0.15, -0.1) is 0 Å². The minimum Gasteiger partial charge on any atom is -0.262 e. The largest absolute Gasteiger partial charge is 0.762 e. The number of nitrogens with zero attached hydrogens (tertiary/aromatic N) is 1. The number of aromatic nitrogens is 1. The molecule has 0 aliphatic heterocycles. The summed E-state index contributed by atoms with van der Waals surface area (Å²) in [5.41, 5.74) is 0. The van der Waals surface area contributed by atoms with Crippen LogP contribution in [0, 0.1) is 5.82 Å². The average molecular weight is 165 g/mol. The molecule has 1 nitrogen and oxygen atoms in total. The van der Waals surface area contributed by atoms with Gasteiger partial charge in [0.2, 0.25) is 0 Å². The molecule has 11 heavy (non-hydrogen) atoms. The van der Waals surface area contributed by atoms with Crippen molar-refractivity contribution in [1.82, 2.24) is 4.98 Å². The van der Waals surface area contributed by atoms with Crippen LogP contribution in [0.1, 0.15) is 0 Å². The Bertz CT molecular complexity index is 178. The van der Waals surface area contributed by atoms with Gasteiger partial charge in [-0.3, -0.25) is 17.9 Å². The zero-order valence-corrected chi connectivity index (χ0v) is 5.35. The highest BCUT2D eigenvalue weighted by atomic mass is 19.4. The van der Waals surface area contributed by atoms with Crippen molar-refractivity contribution in [2.75, 3.05) is 0 Å². The standard InChI is InChI=1S/C5H4FN.BF3/c6-5-2-1-3-7-4-5;2-1(3)4/h1-4H;. The molecule has 6 heteroatoms. The van der Waals surface area contributed by atoms with Crippen molar-refractivity contribution >= 4 is 7.54 Å². The third-order valence-corrected chi connectivity index (χ3v) is 0.625. The second kappa shape index (κ2) is 5.70. The van der Waals surface area contributed by atoms with Crippen molar-refractivity contribution in [3.8, 4) is 0 Å². The number of hydrogen-bond acceptors (Lipinski definition) is 1. The average Bonchev–Trinajstić information content (AvgIpc) is 1.87. The van der Waals surface area contributed by atoms with Gasteiger partial charge in [-0.1, -0.05) is 0 Å². The SMILES string of the molecule is FB(F)F.Fc1cccnc1. The summed E-state index contributed by atoms with van der Waals surface area (Å²) in [6.07, 6.45) is 2.70. The van der Waals surface area contributed by atoms with Gasteiger partial charge in [0.1, 0.15) is 5.82 Å². The van der Waals surface area contributed by atoms with E-state index in [1.165, 1.54) is 18.5 Å². The molecular weight excluding hydrogens is 161 g/mol. The van der Waals surface area contributed by atoms with Crippen molar-refractivity contribution in [2.24, 2.45) is 0 Å². The fourth-order valence-electron chi connectivity index (χ4n) is 0.342. The lowest BCUT2D eigenvalue weighted by atomic mass is 10.5. The van der Waals surface area contributed by atoms with Crippen LogP contribution in [0.25, 0.3) is 0 Å². The number of rotatable bonds is 0. The lowest BCUT2D eigenvalue weighted by molar-refractivity contribution is 0.535. The lowest BCUT2D eigenvalue weighted by Crippen LogP contribution is -1.76. The van der Waals surface area contributed by atoms with Crippen molar-refractivity contribution in [1.29, 1.82) is 0 Å². The molecule has 1 rings (SSSR count). The van der Waals surface area contributed by atoms with Crippen LogP contribution in [0.2, 0.25) is 0 Å². The Morgan fingerprint density at radius 1 is 1.27 bits per heavy atom. The Balaban J connectivity index is 0.000000218. The van der Waals surface area contributed by atoms with Gasteiger partial charge >= 0.3 is 7.54 Å². The number of pyridine rings is 1. The number of halogens is 4. The van der Waals surface area contributed by atoms with Gasteiger partial charge in [0, 0.05) is 6.20 Å². The van der Waals surface area contributed by atoms with Gasteiger partial charge in [-0.05, 0) is 12.1 Å². The fraction of sp³-hybridized carbons (Fsp3) is 0. The van der Waals surface area contributed by atoms with Crippen LogP contribution in [-0.4, -0.2) is 12.5 Å². The molecule has 0 saturated carbocycles. The van der Waals surface area contributed by atoms with E-state index in [0.29, 0.717) is 0 Å². The third-order valence-electron chi connectivity index (χ3n) is 0.625. The van der Waals surface area contributed by atoms with Gasteiger partial charge in [0.25, 0.3) is 0 Å². The second-order valence-corrected chi connectivity index (χ2v) is 1.42. The van der Waals surface area contributed by atoms with Gasteiger partial charge in [0.15, 0.2) is 0 Å². The van der Waals surface area contributed by atoms with Crippen molar-refractivity contribution in [3.63, 3.8) is 0 Å². The molecule has 0 atom stereocenters. The molecule has 0 unspecified atom stereocenters. The molecule has 0 fully saturated rings. The first-order valence-corrected chi connectivity index (χ1v) is 2.60. The monoisotopic (exact) mass is 165 g/mol. The molecule has 1 aromatic heterocycles. The Morgan fingerprint density at radius 2 is 1.82 bits per heavy atom. The minimum atomic E-state index is -3.67. The van der Waals surface area contributed by atoms with Gasteiger partial charge in [-0.2, -0.15) is 0 Å². The van der Waals surface area contributed by atoms with Crippen LogP contribution < -0.4 is 0 Å². The molecule has 0 radical (unpaired) electrons. The molecule has 1 aromatic rings. The summed E-state index contributed by atoms with van der Waals surface area (Å²) in [6.45, 7) is 0. The van der Waals surface area contributed by atoms with Crippen LogP contribution in [-0.2, 0) is 0 Å². The summed E-state index contributed by atoms with van der Waals surface area (Å²) in [4.78, 5) is 3.51. The molecule has 1 heterocycles. The van der Waals surface area contributed by atoms with E-state index >= 15 is 0 Å². The summed E-state index contributed by atoms with van der Waals surface area (Å²) >= 11 is 0. The lowest BCUT2D eigenvalue weighted by Gasteiger charge is -1.78. The first-order valence-electron chi connectivity index (χ1n) is 2.60. The summed E-state index contributed by atoms with van der Waals surface area (Å²) in [5, 5.41) is 0. The quantitative estimate of drug-likeness (QED) is 0.423. The van der Waals surface area contributed by atoms with Crippen LogP contribution in [0.4, 0.5) is 17.3 Å². The molecule has 0 spiro atoms.